The van der Waals surface area contributed by atoms with Gasteiger partial charge in [-0.15, -0.1) is 0 Å². The van der Waals surface area contributed by atoms with E-state index in [0.717, 1.165) is 6.07 Å². The first-order valence-electron chi connectivity index (χ1n) is 10.4. The fourth-order valence-electron chi connectivity index (χ4n) is 4.38. The monoisotopic (exact) mass is 456 g/mol. The van der Waals surface area contributed by atoms with Crippen LogP contribution >= 0.6 is 0 Å². The van der Waals surface area contributed by atoms with Gasteiger partial charge < -0.3 is 24.5 Å². The second-order valence-electron chi connectivity index (χ2n) is 8.10. The summed E-state index contributed by atoms with van der Waals surface area (Å²) in [6, 6.07) is 4.21. The van der Waals surface area contributed by atoms with Crippen LogP contribution in [0.4, 0.5) is 10.1 Å². The highest BCUT2D eigenvalue weighted by Crippen LogP contribution is 2.40. The van der Waals surface area contributed by atoms with Crippen molar-refractivity contribution in [3.8, 4) is 5.75 Å². The molecule has 1 fully saturated rings. The summed E-state index contributed by atoms with van der Waals surface area (Å²) in [5, 5.41) is 13.9. The predicted octanol–water partition coefficient (Wildman–Crippen LogP) is 1.75. The maximum atomic E-state index is 15.3. The molecular formula is C22H21FN4O6. The van der Waals surface area contributed by atoms with Crippen molar-refractivity contribution in [2.24, 2.45) is 0 Å². The van der Waals surface area contributed by atoms with Gasteiger partial charge in [-0.3, -0.25) is 19.3 Å². The minimum absolute atomic E-state index is 0.0517. The number of carbonyl (C=O) groups is 2. The molecule has 33 heavy (non-hydrogen) atoms. The van der Waals surface area contributed by atoms with Gasteiger partial charge in [-0.25, -0.2) is 9.18 Å². The van der Waals surface area contributed by atoms with Crippen LogP contribution < -0.4 is 25.4 Å². The fraction of sp³-hybridized carbons (Fsp3) is 0.318. The number of nitrogens with one attached hydrogen (secondary N) is 1. The summed E-state index contributed by atoms with van der Waals surface area (Å²) in [4.78, 5) is 38.3. The lowest BCUT2D eigenvalue weighted by molar-refractivity contribution is 0.0694. The van der Waals surface area contributed by atoms with Crippen LogP contribution in [0.2, 0.25) is 0 Å². The van der Waals surface area contributed by atoms with E-state index in [2.05, 4.69) is 5.32 Å². The topological polar surface area (TPSA) is 117 Å². The third-order valence-corrected chi connectivity index (χ3v) is 6.04. The van der Waals surface area contributed by atoms with Gasteiger partial charge in [0.05, 0.1) is 11.6 Å². The number of rotatable bonds is 4. The van der Waals surface area contributed by atoms with Crippen molar-refractivity contribution in [2.45, 2.75) is 18.9 Å². The molecule has 1 saturated heterocycles. The van der Waals surface area contributed by atoms with Gasteiger partial charge in [-0.2, -0.15) is 0 Å². The molecule has 0 aliphatic carbocycles. The molecule has 0 saturated carbocycles. The van der Waals surface area contributed by atoms with Crippen molar-refractivity contribution in [2.75, 3.05) is 36.8 Å². The molecule has 0 bridgehead atoms. The van der Waals surface area contributed by atoms with Gasteiger partial charge in [0, 0.05) is 32.4 Å². The second kappa shape index (κ2) is 7.84. The Kier molecular flexibility index (Phi) is 4.95. The molecule has 1 amide bonds. The number of nitrogens with zero attached hydrogens (tertiary/aromatic N) is 3. The number of amides is 1. The van der Waals surface area contributed by atoms with Crippen molar-refractivity contribution >= 4 is 28.5 Å². The van der Waals surface area contributed by atoms with Crippen molar-refractivity contribution in [1.82, 2.24) is 9.99 Å². The number of aromatic carboxylic acids is 1. The fourth-order valence-corrected chi connectivity index (χ4v) is 4.38. The molecule has 2 aromatic heterocycles. The Morgan fingerprint density at radius 1 is 1.27 bits per heavy atom. The van der Waals surface area contributed by atoms with Gasteiger partial charge in [-0.1, -0.05) is 0 Å². The summed E-state index contributed by atoms with van der Waals surface area (Å²) < 4.78 is 27.7. The Morgan fingerprint density at radius 3 is 2.70 bits per heavy atom. The number of carbonyl (C=O) groups excluding carboxylic acids is 1. The molecule has 11 heteroatoms. The minimum Gasteiger partial charge on any atom is -0.477 e. The molecule has 172 valence electrons. The Hall–Kier alpha value is -4.02. The maximum absolute atomic E-state index is 15.3. The first-order chi connectivity index (χ1) is 15.8. The predicted molar refractivity (Wildman–Crippen MR) is 116 cm³/mol. The molecule has 2 aliphatic heterocycles. The standard InChI is InChI=1S/C22H21FN4O6/c1-25-11-33-20-17-13(19(28)14(22(30)31)10-27(17)25)9-15(23)18(20)26-6-4-12(5-7-26)24-21(29)16-3-2-8-32-16/h2-3,8-10,12H,4-7,11H2,1H3,(H,24,29)(H,30,31). The Morgan fingerprint density at radius 2 is 2.03 bits per heavy atom. The molecule has 2 N–H and O–H groups in total. The largest absolute Gasteiger partial charge is 0.477 e. The van der Waals surface area contributed by atoms with Crippen LogP contribution in [0.15, 0.2) is 39.9 Å². The smallest absolute Gasteiger partial charge is 0.341 e. The zero-order chi connectivity index (χ0) is 23.3. The SMILES string of the molecule is CN1COc2c(N3CCC(NC(=O)c4ccco4)CC3)c(F)cc3c(=O)c(C(=O)O)cn1c23. The van der Waals surface area contributed by atoms with Crippen LogP contribution in [0.5, 0.6) is 5.75 Å². The number of pyridine rings is 1. The van der Waals surface area contributed by atoms with E-state index in [4.69, 9.17) is 9.15 Å². The number of carboxylic acid groups (broad SMARTS) is 1. The average molecular weight is 456 g/mol. The van der Waals surface area contributed by atoms with Crippen LogP contribution in [0, 0.1) is 5.82 Å². The van der Waals surface area contributed by atoms with Crippen molar-refractivity contribution in [3.05, 3.63) is 58.0 Å². The number of aromatic nitrogens is 1. The molecule has 4 heterocycles. The van der Waals surface area contributed by atoms with Gasteiger partial charge in [0.2, 0.25) is 5.43 Å². The van der Waals surface area contributed by atoms with Crippen LogP contribution in [0.25, 0.3) is 10.9 Å². The lowest BCUT2D eigenvalue weighted by Crippen LogP contribution is -2.45. The van der Waals surface area contributed by atoms with Gasteiger partial charge in [0.1, 0.15) is 16.8 Å². The molecule has 5 rings (SSSR count). The molecule has 0 atom stereocenters. The van der Waals surface area contributed by atoms with Crippen LogP contribution in [-0.4, -0.2) is 54.6 Å². The quantitative estimate of drug-likeness (QED) is 0.610. The van der Waals surface area contributed by atoms with Gasteiger partial charge >= 0.3 is 5.97 Å². The number of hydrogen-bond donors (Lipinski definition) is 2. The zero-order valence-corrected chi connectivity index (χ0v) is 17.7. The van der Waals surface area contributed by atoms with Gasteiger partial charge in [0.25, 0.3) is 5.91 Å². The number of hydrogen-bond acceptors (Lipinski definition) is 7. The summed E-state index contributed by atoms with van der Waals surface area (Å²) >= 11 is 0. The highest BCUT2D eigenvalue weighted by molar-refractivity contribution is 5.97. The molecule has 3 aromatic rings. The normalized spacial score (nSPS) is 16.1. The van der Waals surface area contributed by atoms with E-state index in [9.17, 15) is 19.5 Å². The third-order valence-electron chi connectivity index (χ3n) is 6.04. The van der Waals surface area contributed by atoms with Crippen LogP contribution in [0.3, 0.4) is 0 Å². The number of furan rings is 1. The lowest BCUT2D eigenvalue weighted by Gasteiger charge is -2.37. The highest BCUT2D eigenvalue weighted by atomic mass is 19.1. The van der Waals surface area contributed by atoms with Gasteiger partial charge in [0.15, 0.2) is 24.1 Å². The minimum atomic E-state index is -1.38. The number of benzene rings is 1. The molecule has 1 aromatic carbocycles. The Labute approximate surface area is 186 Å². The van der Waals surface area contributed by atoms with Crippen LogP contribution in [-0.2, 0) is 0 Å². The highest BCUT2D eigenvalue weighted by Gasteiger charge is 2.31. The maximum Gasteiger partial charge on any atom is 0.341 e. The summed E-state index contributed by atoms with van der Waals surface area (Å²) in [6.07, 6.45) is 3.82. The van der Waals surface area contributed by atoms with Gasteiger partial charge in [-0.05, 0) is 31.0 Å². The van der Waals surface area contributed by atoms with E-state index in [-0.39, 0.29) is 41.3 Å². The van der Waals surface area contributed by atoms with E-state index in [1.807, 2.05) is 4.90 Å². The first kappa shape index (κ1) is 20.9. The second-order valence-corrected chi connectivity index (χ2v) is 8.10. The number of carboxylic acids is 1. The van der Waals surface area contributed by atoms with Crippen molar-refractivity contribution in [3.63, 3.8) is 0 Å². The number of anilines is 1. The lowest BCUT2D eigenvalue weighted by atomic mass is 10.0. The average Bonchev–Trinajstić information content (AvgIpc) is 3.33. The van der Waals surface area contributed by atoms with Crippen LogP contribution in [0.1, 0.15) is 33.8 Å². The van der Waals surface area contributed by atoms with E-state index in [0.29, 0.717) is 31.4 Å². The van der Waals surface area contributed by atoms with E-state index < -0.39 is 22.8 Å². The molecular weight excluding hydrogens is 435 g/mol. The van der Waals surface area contributed by atoms with E-state index in [1.54, 1.807) is 24.2 Å². The number of ether oxygens (including phenoxy) is 1. The molecule has 10 nitrogen and oxygen atoms in total. The summed E-state index contributed by atoms with van der Waals surface area (Å²) in [5.41, 5.74) is -0.660. The van der Waals surface area contributed by atoms with E-state index >= 15 is 4.39 Å². The summed E-state index contributed by atoms with van der Waals surface area (Å²) in [7, 11) is 1.68. The number of piperidine rings is 1. The zero-order valence-electron chi connectivity index (χ0n) is 17.7. The van der Waals surface area contributed by atoms with E-state index in [1.165, 1.54) is 17.1 Å². The molecule has 2 aliphatic rings. The summed E-state index contributed by atoms with van der Waals surface area (Å²) in [6.45, 7) is 0.959. The first-order valence-corrected chi connectivity index (χ1v) is 10.4. The third kappa shape index (κ3) is 3.45. The van der Waals surface area contributed by atoms with Crippen molar-refractivity contribution in [1.29, 1.82) is 0 Å². The summed E-state index contributed by atoms with van der Waals surface area (Å²) in [5.74, 6) is -1.90. The molecule has 0 radical (unpaired) electrons. The molecule has 0 spiro atoms. The Bertz CT molecular complexity index is 1310. The van der Waals surface area contributed by atoms with Crippen molar-refractivity contribution < 1.29 is 28.2 Å². The Balaban J connectivity index is 1.47. The number of halogens is 1. The molecule has 0 unspecified atom stereocenters.